The second kappa shape index (κ2) is 5.31. The van der Waals surface area contributed by atoms with Gasteiger partial charge in [-0.3, -0.25) is 4.79 Å². The molecule has 0 aromatic heterocycles. The predicted molar refractivity (Wildman–Crippen MR) is 42.6 cm³/mol. The van der Waals surface area contributed by atoms with Crippen molar-refractivity contribution in [2.45, 2.75) is 31.9 Å². The summed E-state index contributed by atoms with van der Waals surface area (Å²) < 4.78 is 0. The van der Waals surface area contributed by atoms with Crippen LogP contribution in [0.2, 0.25) is 0 Å². The summed E-state index contributed by atoms with van der Waals surface area (Å²) in [5.41, 5.74) is 0. The zero-order chi connectivity index (χ0) is 7.98. The van der Waals surface area contributed by atoms with E-state index in [2.05, 4.69) is 6.07 Å². The smallest absolute Gasteiger partial charge is 0.187 e. The number of nitrogens with zero attached hydrogens (tertiary/aromatic N) is 1. The average Bonchev–Trinajstić information content (AvgIpc) is 1.86. The van der Waals surface area contributed by atoms with E-state index in [0.29, 0.717) is 0 Å². The van der Waals surface area contributed by atoms with Gasteiger partial charge in [0.25, 0.3) is 0 Å². The molecule has 10 heavy (non-hydrogen) atoms. The summed E-state index contributed by atoms with van der Waals surface area (Å²) in [6.45, 7) is 3.50. The number of hydrogen-bond donors (Lipinski definition) is 0. The van der Waals surface area contributed by atoms with Crippen LogP contribution in [0, 0.1) is 11.3 Å². The Hall–Kier alpha value is -0.490. The molecule has 0 aromatic carbocycles. The molecule has 2 nitrogen and oxygen atoms in total. The van der Waals surface area contributed by atoms with Crippen LogP contribution in [0.3, 0.4) is 0 Å². The van der Waals surface area contributed by atoms with Crippen molar-refractivity contribution in [1.29, 1.82) is 5.26 Å². The SMILES string of the molecule is CCC[C@@H](C#N)SC(C)=O. The van der Waals surface area contributed by atoms with Gasteiger partial charge in [0.15, 0.2) is 5.12 Å². The molecular weight excluding hydrogens is 146 g/mol. The van der Waals surface area contributed by atoms with Crippen molar-refractivity contribution < 1.29 is 4.79 Å². The van der Waals surface area contributed by atoms with Crippen molar-refractivity contribution >= 4 is 16.9 Å². The standard InChI is InChI=1S/C7H11NOS/c1-3-4-7(5-8)10-6(2)9/h7H,3-4H2,1-2H3/t7-/m0/s1. The van der Waals surface area contributed by atoms with E-state index in [4.69, 9.17) is 5.26 Å². The van der Waals surface area contributed by atoms with Gasteiger partial charge >= 0.3 is 0 Å². The van der Waals surface area contributed by atoms with Crippen LogP contribution in [0.5, 0.6) is 0 Å². The summed E-state index contributed by atoms with van der Waals surface area (Å²) in [5.74, 6) is 0. The molecule has 0 rings (SSSR count). The fourth-order valence-corrected chi connectivity index (χ4v) is 1.42. The fourth-order valence-electron chi connectivity index (χ4n) is 0.612. The molecule has 0 aliphatic carbocycles. The third-order valence-electron chi connectivity index (χ3n) is 1.00. The third kappa shape index (κ3) is 4.39. The molecule has 0 heterocycles. The number of rotatable bonds is 3. The van der Waals surface area contributed by atoms with E-state index in [1.54, 1.807) is 0 Å². The Kier molecular flexibility index (Phi) is 5.05. The number of hydrogen-bond acceptors (Lipinski definition) is 3. The monoisotopic (exact) mass is 157 g/mol. The Balaban J connectivity index is 3.63. The van der Waals surface area contributed by atoms with Crippen molar-refractivity contribution in [1.82, 2.24) is 0 Å². The molecule has 0 unspecified atom stereocenters. The molecule has 0 amide bonds. The van der Waals surface area contributed by atoms with Gasteiger partial charge in [-0.15, -0.1) is 0 Å². The normalized spacial score (nSPS) is 12.1. The first-order valence-corrected chi connectivity index (χ1v) is 4.15. The summed E-state index contributed by atoms with van der Waals surface area (Å²) in [6.07, 6.45) is 1.76. The van der Waals surface area contributed by atoms with Crippen LogP contribution >= 0.6 is 11.8 Å². The average molecular weight is 157 g/mol. The van der Waals surface area contributed by atoms with Crippen molar-refractivity contribution in [3.63, 3.8) is 0 Å². The van der Waals surface area contributed by atoms with Crippen LogP contribution in [0.15, 0.2) is 0 Å². The van der Waals surface area contributed by atoms with Gasteiger partial charge in [-0.25, -0.2) is 0 Å². The van der Waals surface area contributed by atoms with Crippen molar-refractivity contribution in [3.8, 4) is 6.07 Å². The molecule has 0 saturated carbocycles. The molecule has 0 spiro atoms. The Bertz CT molecular complexity index is 150. The van der Waals surface area contributed by atoms with E-state index in [1.165, 1.54) is 6.92 Å². The van der Waals surface area contributed by atoms with E-state index in [9.17, 15) is 4.79 Å². The summed E-state index contributed by atoms with van der Waals surface area (Å²) in [6, 6.07) is 2.08. The van der Waals surface area contributed by atoms with Gasteiger partial charge in [0, 0.05) is 6.92 Å². The fraction of sp³-hybridized carbons (Fsp3) is 0.714. The molecule has 0 N–H and O–H groups in total. The maximum Gasteiger partial charge on any atom is 0.187 e. The van der Waals surface area contributed by atoms with E-state index in [1.807, 2.05) is 6.92 Å². The topological polar surface area (TPSA) is 40.9 Å². The van der Waals surface area contributed by atoms with Crippen LogP contribution in [-0.2, 0) is 4.79 Å². The first kappa shape index (κ1) is 9.51. The predicted octanol–water partition coefficient (Wildman–Crippen LogP) is 1.96. The van der Waals surface area contributed by atoms with E-state index in [-0.39, 0.29) is 10.4 Å². The molecule has 0 aromatic rings. The summed E-state index contributed by atoms with van der Waals surface area (Å²) in [4.78, 5) is 10.5. The minimum atomic E-state index is -0.137. The molecule has 3 heteroatoms. The molecule has 0 saturated heterocycles. The largest absolute Gasteiger partial charge is 0.288 e. The quantitative estimate of drug-likeness (QED) is 0.628. The maximum absolute atomic E-state index is 10.5. The first-order valence-electron chi connectivity index (χ1n) is 3.27. The molecule has 0 bridgehead atoms. The van der Waals surface area contributed by atoms with Gasteiger partial charge in [0.2, 0.25) is 0 Å². The van der Waals surface area contributed by atoms with Gasteiger partial charge in [-0.05, 0) is 6.42 Å². The van der Waals surface area contributed by atoms with Crippen LogP contribution in [0.1, 0.15) is 26.7 Å². The zero-order valence-corrected chi connectivity index (χ0v) is 7.07. The highest BCUT2D eigenvalue weighted by atomic mass is 32.2. The number of nitriles is 1. The van der Waals surface area contributed by atoms with Gasteiger partial charge in [0.05, 0.1) is 11.3 Å². The lowest BCUT2D eigenvalue weighted by molar-refractivity contribution is -0.109. The van der Waals surface area contributed by atoms with E-state index < -0.39 is 0 Å². The molecule has 0 aliphatic heterocycles. The minimum Gasteiger partial charge on any atom is -0.288 e. The van der Waals surface area contributed by atoms with Gasteiger partial charge in [0.1, 0.15) is 0 Å². The van der Waals surface area contributed by atoms with Crippen molar-refractivity contribution in [3.05, 3.63) is 0 Å². The Morgan fingerprint density at radius 2 is 2.40 bits per heavy atom. The second-order valence-electron chi connectivity index (χ2n) is 2.02. The maximum atomic E-state index is 10.5. The number of carbonyl (C=O) groups is 1. The van der Waals surface area contributed by atoms with Crippen LogP contribution in [0.25, 0.3) is 0 Å². The van der Waals surface area contributed by atoms with Crippen LogP contribution in [-0.4, -0.2) is 10.4 Å². The lowest BCUT2D eigenvalue weighted by Gasteiger charge is -2.01. The lowest BCUT2D eigenvalue weighted by Crippen LogP contribution is -2.00. The summed E-state index contributed by atoms with van der Waals surface area (Å²) >= 11 is 1.12. The highest BCUT2D eigenvalue weighted by molar-refractivity contribution is 8.14. The summed E-state index contributed by atoms with van der Waals surface area (Å²) in [7, 11) is 0. The molecule has 0 aliphatic rings. The molecular formula is C7H11NOS. The van der Waals surface area contributed by atoms with E-state index in [0.717, 1.165) is 24.6 Å². The van der Waals surface area contributed by atoms with Gasteiger partial charge in [-0.1, -0.05) is 25.1 Å². The first-order chi connectivity index (χ1) is 4.70. The molecule has 0 fully saturated rings. The van der Waals surface area contributed by atoms with Crippen molar-refractivity contribution in [2.24, 2.45) is 0 Å². The molecule has 56 valence electrons. The molecule has 0 radical (unpaired) electrons. The van der Waals surface area contributed by atoms with Crippen LogP contribution < -0.4 is 0 Å². The Morgan fingerprint density at radius 1 is 1.80 bits per heavy atom. The van der Waals surface area contributed by atoms with Crippen LogP contribution in [0.4, 0.5) is 0 Å². The molecule has 1 atom stereocenters. The zero-order valence-electron chi connectivity index (χ0n) is 6.26. The van der Waals surface area contributed by atoms with Gasteiger partial charge in [-0.2, -0.15) is 5.26 Å². The minimum absolute atomic E-state index is 0.0278. The van der Waals surface area contributed by atoms with Crippen molar-refractivity contribution in [2.75, 3.05) is 0 Å². The second-order valence-corrected chi connectivity index (χ2v) is 3.40. The van der Waals surface area contributed by atoms with E-state index >= 15 is 0 Å². The number of carbonyl (C=O) groups excluding carboxylic acids is 1. The Labute approximate surface area is 65.6 Å². The Morgan fingerprint density at radius 3 is 2.70 bits per heavy atom. The lowest BCUT2D eigenvalue weighted by atomic mass is 10.3. The highest BCUT2D eigenvalue weighted by Crippen LogP contribution is 2.15. The third-order valence-corrected chi connectivity index (χ3v) is 1.96. The highest BCUT2D eigenvalue weighted by Gasteiger charge is 2.08. The number of thioether (sulfide) groups is 1. The summed E-state index contributed by atoms with van der Waals surface area (Å²) in [5, 5.41) is 8.37. The van der Waals surface area contributed by atoms with Gasteiger partial charge < -0.3 is 0 Å².